The molecule has 0 bridgehead atoms. The Morgan fingerprint density at radius 1 is 1.12 bits per heavy atom. The van der Waals surface area contributed by atoms with Gasteiger partial charge >= 0.3 is 5.97 Å². The number of halogens is 2. The normalized spacial score (nSPS) is 11.0. The predicted octanol–water partition coefficient (Wildman–Crippen LogP) is 5.00. The standard InChI is InChI=1S/C19H18Cl2N2O2/c1-3-18-22-16-10-14(20)15(21)11-17(16)23(18)13-7-5-12(6-8-13)9-19(24)25-4-2/h5-8,10-11H,3-4,9H2,1-2H3. The van der Waals surface area contributed by atoms with Gasteiger partial charge in [-0.25, -0.2) is 4.98 Å². The smallest absolute Gasteiger partial charge is 0.310 e. The first-order valence-electron chi connectivity index (χ1n) is 8.14. The first-order valence-corrected chi connectivity index (χ1v) is 8.90. The van der Waals surface area contributed by atoms with Crippen LogP contribution in [0.15, 0.2) is 36.4 Å². The van der Waals surface area contributed by atoms with E-state index in [1.165, 1.54) is 0 Å². The molecule has 0 aliphatic carbocycles. The molecule has 0 saturated carbocycles. The second kappa shape index (κ2) is 7.46. The number of benzene rings is 2. The highest BCUT2D eigenvalue weighted by Gasteiger charge is 2.14. The third-order valence-corrected chi connectivity index (χ3v) is 4.65. The lowest BCUT2D eigenvalue weighted by molar-refractivity contribution is -0.142. The minimum absolute atomic E-state index is 0.223. The van der Waals surface area contributed by atoms with E-state index < -0.39 is 0 Å². The van der Waals surface area contributed by atoms with Crippen LogP contribution in [-0.2, 0) is 22.4 Å². The molecular weight excluding hydrogens is 359 g/mol. The van der Waals surface area contributed by atoms with Gasteiger partial charge in [0.15, 0.2) is 0 Å². The second-order valence-corrected chi connectivity index (χ2v) is 6.43. The lowest BCUT2D eigenvalue weighted by Crippen LogP contribution is -2.07. The highest BCUT2D eigenvalue weighted by atomic mass is 35.5. The summed E-state index contributed by atoms with van der Waals surface area (Å²) in [6.07, 6.45) is 1.04. The molecule has 130 valence electrons. The zero-order valence-electron chi connectivity index (χ0n) is 14.1. The Morgan fingerprint density at radius 2 is 1.80 bits per heavy atom. The molecule has 0 amide bonds. The number of aromatic nitrogens is 2. The third kappa shape index (κ3) is 3.65. The van der Waals surface area contributed by atoms with Crippen molar-refractivity contribution in [3.63, 3.8) is 0 Å². The number of carbonyl (C=O) groups is 1. The minimum Gasteiger partial charge on any atom is -0.466 e. The number of ether oxygens (including phenoxy) is 1. The van der Waals surface area contributed by atoms with Crippen LogP contribution in [0.2, 0.25) is 10.0 Å². The van der Waals surface area contributed by atoms with Crippen LogP contribution in [0.4, 0.5) is 0 Å². The summed E-state index contributed by atoms with van der Waals surface area (Å²) in [4.78, 5) is 16.3. The van der Waals surface area contributed by atoms with Gasteiger partial charge < -0.3 is 4.74 Å². The molecule has 25 heavy (non-hydrogen) atoms. The van der Waals surface area contributed by atoms with Crippen molar-refractivity contribution in [1.29, 1.82) is 0 Å². The number of hydrogen-bond donors (Lipinski definition) is 0. The number of aryl methyl sites for hydroxylation is 1. The maximum Gasteiger partial charge on any atom is 0.310 e. The van der Waals surface area contributed by atoms with E-state index in [2.05, 4.69) is 16.5 Å². The number of fused-ring (bicyclic) bond motifs is 1. The monoisotopic (exact) mass is 376 g/mol. The predicted molar refractivity (Wildman–Crippen MR) is 101 cm³/mol. The maximum absolute atomic E-state index is 11.6. The fourth-order valence-electron chi connectivity index (χ4n) is 2.79. The highest BCUT2D eigenvalue weighted by Crippen LogP contribution is 2.30. The molecular formula is C19H18Cl2N2O2. The Hall–Kier alpha value is -2.04. The number of hydrogen-bond acceptors (Lipinski definition) is 3. The highest BCUT2D eigenvalue weighted by molar-refractivity contribution is 6.42. The SMILES string of the molecule is CCOC(=O)Cc1ccc(-n2c(CC)nc3cc(Cl)c(Cl)cc32)cc1. The molecule has 0 aliphatic heterocycles. The number of esters is 1. The largest absolute Gasteiger partial charge is 0.466 e. The van der Waals surface area contributed by atoms with Gasteiger partial charge in [-0.05, 0) is 36.8 Å². The fourth-order valence-corrected chi connectivity index (χ4v) is 3.11. The molecule has 0 spiro atoms. The molecule has 6 heteroatoms. The Kier molecular flexibility index (Phi) is 5.30. The van der Waals surface area contributed by atoms with Gasteiger partial charge in [-0.15, -0.1) is 0 Å². The van der Waals surface area contributed by atoms with E-state index in [4.69, 9.17) is 27.9 Å². The Labute approximate surface area is 156 Å². The van der Waals surface area contributed by atoms with Gasteiger partial charge in [0.1, 0.15) is 5.82 Å². The van der Waals surface area contributed by atoms with Gasteiger partial charge in [0, 0.05) is 12.1 Å². The molecule has 3 rings (SSSR count). The number of imidazole rings is 1. The van der Waals surface area contributed by atoms with Crippen molar-refractivity contribution < 1.29 is 9.53 Å². The van der Waals surface area contributed by atoms with Crippen LogP contribution in [0.1, 0.15) is 25.2 Å². The van der Waals surface area contributed by atoms with Crippen LogP contribution in [0.5, 0.6) is 0 Å². The number of nitrogens with zero attached hydrogens (tertiary/aromatic N) is 2. The van der Waals surface area contributed by atoms with Gasteiger partial charge in [-0.2, -0.15) is 0 Å². The van der Waals surface area contributed by atoms with Crippen LogP contribution < -0.4 is 0 Å². The minimum atomic E-state index is -0.223. The summed E-state index contributed by atoms with van der Waals surface area (Å²) in [6.45, 7) is 4.24. The van der Waals surface area contributed by atoms with E-state index in [0.29, 0.717) is 16.7 Å². The average molecular weight is 377 g/mol. The number of carbonyl (C=O) groups excluding carboxylic acids is 1. The quantitative estimate of drug-likeness (QED) is 0.588. The van der Waals surface area contributed by atoms with Crippen LogP contribution in [0.3, 0.4) is 0 Å². The van der Waals surface area contributed by atoms with Crippen LogP contribution >= 0.6 is 23.2 Å². The topological polar surface area (TPSA) is 44.1 Å². The third-order valence-electron chi connectivity index (χ3n) is 3.93. The molecule has 0 fully saturated rings. The first-order chi connectivity index (χ1) is 12.0. The van der Waals surface area contributed by atoms with Crippen molar-refractivity contribution in [2.75, 3.05) is 6.61 Å². The van der Waals surface area contributed by atoms with Crippen molar-refractivity contribution in [3.05, 3.63) is 57.8 Å². The van der Waals surface area contributed by atoms with Crippen molar-refractivity contribution >= 4 is 40.2 Å². The summed E-state index contributed by atoms with van der Waals surface area (Å²) in [5.41, 5.74) is 3.59. The fraction of sp³-hybridized carbons (Fsp3) is 0.263. The Balaban J connectivity index is 2.01. The van der Waals surface area contributed by atoms with Crippen molar-refractivity contribution in [2.45, 2.75) is 26.7 Å². The van der Waals surface area contributed by atoms with Gasteiger partial charge in [0.05, 0.1) is 34.1 Å². The van der Waals surface area contributed by atoms with Gasteiger partial charge in [0.2, 0.25) is 0 Å². The molecule has 0 unspecified atom stereocenters. The van der Waals surface area contributed by atoms with E-state index in [0.717, 1.165) is 34.5 Å². The summed E-state index contributed by atoms with van der Waals surface area (Å²) in [6, 6.07) is 11.4. The molecule has 0 aliphatic rings. The molecule has 0 N–H and O–H groups in total. The van der Waals surface area contributed by atoms with Crippen LogP contribution in [0.25, 0.3) is 16.7 Å². The number of rotatable bonds is 5. The van der Waals surface area contributed by atoms with Crippen molar-refractivity contribution in [2.24, 2.45) is 0 Å². The summed E-state index contributed by atoms with van der Waals surface area (Å²) < 4.78 is 7.05. The Morgan fingerprint density at radius 3 is 2.44 bits per heavy atom. The molecule has 4 nitrogen and oxygen atoms in total. The summed E-state index contributed by atoms with van der Waals surface area (Å²) in [5.74, 6) is 0.700. The molecule has 3 aromatic rings. The summed E-state index contributed by atoms with van der Waals surface area (Å²) in [5, 5.41) is 0.989. The van der Waals surface area contributed by atoms with Gasteiger partial charge in [-0.1, -0.05) is 42.3 Å². The van der Waals surface area contributed by atoms with E-state index in [-0.39, 0.29) is 12.4 Å². The van der Waals surface area contributed by atoms with Crippen LogP contribution in [-0.4, -0.2) is 22.1 Å². The first kappa shape index (κ1) is 17.8. The van der Waals surface area contributed by atoms with Crippen LogP contribution in [0, 0.1) is 0 Å². The lowest BCUT2D eigenvalue weighted by Gasteiger charge is -2.10. The lowest BCUT2D eigenvalue weighted by atomic mass is 10.1. The molecule has 2 aromatic carbocycles. The average Bonchev–Trinajstić information content (AvgIpc) is 2.93. The maximum atomic E-state index is 11.6. The Bertz CT molecular complexity index is 917. The van der Waals surface area contributed by atoms with E-state index in [1.807, 2.05) is 30.3 Å². The molecule has 0 atom stereocenters. The summed E-state index contributed by atoms with van der Waals surface area (Å²) >= 11 is 12.3. The zero-order chi connectivity index (χ0) is 18.0. The van der Waals surface area contributed by atoms with E-state index >= 15 is 0 Å². The van der Waals surface area contributed by atoms with E-state index in [9.17, 15) is 4.79 Å². The van der Waals surface area contributed by atoms with E-state index in [1.54, 1.807) is 13.0 Å². The summed E-state index contributed by atoms with van der Waals surface area (Å²) in [7, 11) is 0. The van der Waals surface area contributed by atoms with Crippen molar-refractivity contribution in [1.82, 2.24) is 9.55 Å². The molecule has 0 radical (unpaired) electrons. The molecule has 1 heterocycles. The van der Waals surface area contributed by atoms with Crippen molar-refractivity contribution in [3.8, 4) is 5.69 Å². The molecule has 0 saturated heterocycles. The van der Waals surface area contributed by atoms with Gasteiger partial charge in [0.25, 0.3) is 0 Å². The second-order valence-electron chi connectivity index (χ2n) is 5.62. The molecule has 1 aromatic heterocycles. The van der Waals surface area contributed by atoms with Gasteiger partial charge in [-0.3, -0.25) is 9.36 Å². The zero-order valence-corrected chi connectivity index (χ0v) is 15.6.